The number of hydrogen-bond donors (Lipinski definition) is 0. The van der Waals surface area contributed by atoms with Gasteiger partial charge in [-0.2, -0.15) is 0 Å². The summed E-state index contributed by atoms with van der Waals surface area (Å²) in [7, 11) is -3.37. The average Bonchev–Trinajstić information content (AvgIpc) is 2.93. The van der Waals surface area contributed by atoms with Crippen molar-refractivity contribution < 1.29 is 17.9 Å². The number of benzene rings is 2. The van der Waals surface area contributed by atoms with Crippen LogP contribution in [0.2, 0.25) is 0 Å². The predicted molar refractivity (Wildman–Crippen MR) is 83.0 cm³/mol. The fraction of sp³-hybridized carbons (Fsp3) is 0.118. The second-order valence-corrected chi connectivity index (χ2v) is 7.12. The van der Waals surface area contributed by atoms with E-state index in [1.165, 1.54) is 12.5 Å². The second-order valence-electron chi connectivity index (χ2n) is 5.14. The molecular formula is C17H14O4S. The van der Waals surface area contributed by atoms with E-state index >= 15 is 0 Å². The third-order valence-electron chi connectivity index (χ3n) is 3.56. The summed E-state index contributed by atoms with van der Waals surface area (Å²) in [6.07, 6.45) is 4.20. The van der Waals surface area contributed by atoms with Crippen LogP contribution < -0.4 is 0 Å². The van der Waals surface area contributed by atoms with Crippen molar-refractivity contribution >= 4 is 15.8 Å². The molecule has 0 amide bonds. The third kappa shape index (κ3) is 2.67. The van der Waals surface area contributed by atoms with Gasteiger partial charge in [0.1, 0.15) is 5.92 Å². The Morgan fingerprint density at radius 2 is 1.77 bits per heavy atom. The van der Waals surface area contributed by atoms with E-state index in [1.807, 2.05) is 30.3 Å². The number of esters is 1. The summed E-state index contributed by atoms with van der Waals surface area (Å²) in [6.45, 7) is 0. The highest BCUT2D eigenvalue weighted by Crippen LogP contribution is 2.32. The molecule has 1 heterocycles. The van der Waals surface area contributed by atoms with Crippen molar-refractivity contribution in [1.29, 1.82) is 0 Å². The fourth-order valence-electron chi connectivity index (χ4n) is 2.49. The van der Waals surface area contributed by atoms with Gasteiger partial charge < -0.3 is 4.74 Å². The van der Waals surface area contributed by atoms with Gasteiger partial charge >= 0.3 is 5.97 Å². The van der Waals surface area contributed by atoms with Gasteiger partial charge in [0.25, 0.3) is 0 Å². The summed E-state index contributed by atoms with van der Waals surface area (Å²) in [5.41, 5.74) is 2.10. The molecule has 2 aromatic carbocycles. The van der Waals surface area contributed by atoms with Crippen molar-refractivity contribution in [1.82, 2.24) is 0 Å². The molecule has 3 rings (SSSR count). The van der Waals surface area contributed by atoms with Gasteiger partial charge in [0.2, 0.25) is 0 Å². The molecule has 0 spiro atoms. The van der Waals surface area contributed by atoms with Gasteiger partial charge in [-0.3, -0.25) is 4.79 Å². The van der Waals surface area contributed by atoms with Crippen molar-refractivity contribution in [3.63, 3.8) is 0 Å². The number of carbonyl (C=O) groups is 1. The first-order valence-electron chi connectivity index (χ1n) is 6.73. The molecule has 0 N–H and O–H groups in total. The van der Waals surface area contributed by atoms with Crippen LogP contribution in [0.3, 0.4) is 0 Å². The summed E-state index contributed by atoms with van der Waals surface area (Å²) >= 11 is 0. The Morgan fingerprint density at radius 3 is 2.36 bits per heavy atom. The van der Waals surface area contributed by atoms with Crippen LogP contribution in [0.4, 0.5) is 0 Å². The van der Waals surface area contributed by atoms with Crippen LogP contribution >= 0.6 is 0 Å². The van der Waals surface area contributed by atoms with Crippen LogP contribution in [0.25, 0.3) is 11.1 Å². The summed E-state index contributed by atoms with van der Waals surface area (Å²) in [5, 5.41) is 0. The van der Waals surface area contributed by atoms with Crippen molar-refractivity contribution in [3.8, 4) is 11.1 Å². The molecule has 2 aromatic rings. The van der Waals surface area contributed by atoms with Gasteiger partial charge in [-0.15, -0.1) is 0 Å². The Morgan fingerprint density at radius 1 is 1.05 bits per heavy atom. The smallest absolute Gasteiger partial charge is 0.322 e. The topological polar surface area (TPSA) is 60.4 Å². The summed E-state index contributed by atoms with van der Waals surface area (Å²) in [4.78, 5) is 11.9. The van der Waals surface area contributed by atoms with Crippen LogP contribution in [0.1, 0.15) is 11.5 Å². The van der Waals surface area contributed by atoms with Gasteiger partial charge in [-0.05, 0) is 29.3 Å². The maximum absolute atomic E-state index is 12.0. The minimum Gasteiger partial charge on any atom is -0.434 e. The van der Waals surface area contributed by atoms with Crippen molar-refractivity contribution in [2.24, 2.45) is 0 Å². The summed E-state index contributed by atoms with van der Waals surface area (Å²) < 4.78 is 28.9. The van der Waals surface area contributed by atoms with E-state index in [9.17, 15) is 13.2 Å². The van der Waals surface area contributed by atoms with E-state index < -0.39 is 15.8 Å². The van der Waals surface area contributed by atoms with E-state index in [4.69, 9.17) is 4.74 Å². The molecule has 1 aliphatic rings. The van der Waals surface area contributed by atoms with Crippen molar-refractivity contribution in [2.45, 2.75) is 10.8 Å². The predicted octanol–water partition coefficient (Wildman–Crippen LogP) is 2.91. The van der Waals surface area contributed by atoms with Crippen molar-refractivity contribution in [3.05, 3.63) is 66.4 Å². The minimum absolute atomic E-state index is 0.248. The molecule has 0 radical (unpaired) electrons. The molecule has 1 unspecified atom stereocenters. The zero-order chi connectivity index (χ0) is 15.7. The van der Waals surface area contributed by atoms with E-state index in [1.54, 1.807) is 24.3 Å². The Bertz CT molecular complexity index is 851. The lowest BCUT2D eigenvalue weighted by molar-refractivity contribution is -0.136. The number of cyclic esters (lactones) is 1. The van der Waals surface area contributed by atoms with E-state index in [0.29, 0.717) is 11.1 Å². The highest BCUT2D eigenvalue weighted by Gasteiger charge is 2.25. The largest absolute Gasteiger partial charge is 0.434 e. The van der Waals surface area contributed by atoms with E-state index in [-0.39, 0.29) is 10.9 Å². The van der Waals surface area contributed by atoms with Crippen LogP contribution in [-0.2, 0) is 19.4 Å². The first-order valence-corrected chi connectivity index (χ1v) is 8.62. The SMILES string of the molecule is CS(=O)(=O)c1ccc(C2C=COC2=O)cc1-c1ccccc1. The molecule has 0 fully saturated rings. The Kier molecular flexibility index (Phi) is 3.58. The van der Waals surface area contributed by atoms with Crippen LogP contribution in [0, 0.1) is 0 Å². The lowest BCUT2D eigenvalue weighted by atomic mass is 9.95. The third-order valence-corrected chi connectivity index (χ3v) is 4.71. The molecule has 0 bridgehead atoms. The lowest BCUT2D eigenvalue weighted by Crippen LogP contribution is -2.08. The molecule has 1 aliphatic heterocycles. The quantitative estimate of drug-likeness (QED) is 0.817. The normalized spacial score (nSPS) is 17.5. The zero-order valence-corrected chi connectivity index (χ0v) is 12.7. The van der Waals surface area contributed by atoms with E-state index in [0.717, 1.165) is 5.56 Å². The molecule has 1 atom stereocenters. The molecule has 112 valence electrons. The van der Waals surface area contributed by atoms with Gasteiger partial charge in [0.05, 0.1) is 11.2 Å². The second kappa shape index (κ2) is 5.42. The highest BCUT2D eigenvalue weighted by atomic mass is 32.2. The lowest BCUT2D eigenvalue weighted by Gasteiger charge is -2.12. The van der Waals surface area contributed by atoms with Crippen molar-refractivity contribution in [2.75, 3.05) is 6.26 Å². The summed E-state index contributed by atoms with van der Waals surface area (Å²) in [5.74, 6) is -0.845. The fourth-order valence-corrected chi connectivity index (χ4v) is 3.38. The Hall–Kier alpha value is -2.40. The molecular weight excluding hydrogens is 300 g/mol. The maximum atomic E-state index is 12.0. The first-order chi connectivity index (χ1) is 10.5. The Balaban J connectivity index is 2.19. The van der Waals surface area contributed by atoms with Gasteiger partial charge in [-0.25, -0.2) is 8.42 Å². The average molecular weight is 314 g/mol. The molecule has 0 saturated carbocycles. The molecule has 0 saturated heterocycles. The number of rotatable bonds is 3. The number of carbonyl (C=O) groups excluding carboxylic acids is 1. The van der Waals surface area contributed by atoms with E-state index in [2.05, 4.69) is 0 Å². The van der Waals surface area contributed by atoms with Crippen LogP contribution in [0.5, 0.6) is 0 Å². The molecule has 4 nitrogen and oxygen atoms in total. The first kappa shape index (κ1) is 14.5. The van der Waals surface area contributed by atoms with Crippen LogP contribution in [0.15, 0.2) is 65.8 Å². The number of hydrogen-bond acceptors (Lipinski definition) is 4. The minimum atomic E-state index is -3.37. The van der Waals surface area contributed by atoms with Crippen LogP contribution in [-0.4, -0.2) is 20.6 Å². The highest BCUT2D eigenvalue weighted by molar-refractivity contribution is 7.90. The van der Waals surface area contributed by atoms with Gasteiger partial charge in [-0.1, -0.05) is 36.4 Å². The monoisotopic (exact) mass is 314 g/mol. The zero-order valence-electron chi connectivity index (χ0n) is 11.9. The molecule has 0 aromatic heterocycles. The number of ether oxygens (including phenoxy) is 1. The molecule has 5 heteroatoms. The maximum Gasteiger partial charge on any atom is 0.322 e. The molecule has 0 aliphatic carbocycles. The van der Waals surface area contributed by atoms with Gasteiger partial charge in [0.15, 0.2) is 9.84 Å². The standard InChI is InChI=1S/C17H14O4S/c1-22(19,20)16-8-7-13(14-9-10-21-17(14)18)11-15(16)12-5-3-2-4-6-12/h2-11,14H,1H3. The Labute approximate surface area is 129 Å². The van der Waals surface area contributed by atoms with Gasteiger partial charge in [0, 0.05) is 11.8 Å². The molecule has 22 heavy (non-hydrogen) atoms. The number of sulfone groups is 1. The summed E-state index contributed by atoms with van der Waals surface area (Å²) in [6, 6.07) is 14.2.